The number of furan rings is 1. The Morgan fingerprint density at radius 1 is 1.62 bits per heavy atom. The quantitative estimate of drug-likeness (QED) is 0.768. The normalized spacial score (nSPS) is 32.1. The van der Waals surface area contributed by atoms with Crippen LogP contribution in [0.1, 0.15) is 24.9 Å². The van der Waals surface area contributed by atoms with Crippen LogP contribution in [0.5, 0.6) is 0 Å². The second kappa shape index (κ2) is 2.88. The lowest BCUT2D eigenvalue weighted by Crippen LogP contribution is -2.15. The summed E-state index contributed by atoms with van der Waals surface area (Å²) in [6, 6.07) is 4.17. The summed E-state index contributed by atoms with van der Waals surface area (Å²) in [5, 5.41) is 3.22. The van der Waals surface area contributed by atoms with E-state index < -0.39 is 0 Å². The minimum absolute atomic E-state index is 0.303. The molecule has 2 nitrogen and oxygen atoms in total. The minimum atomic E-state index is 0.303. The maximum atomic E-state index is 5.66. The van der Waals surface area contributed by atoms with Gasteiger partial charge in [0, 0.05) is 5.41 Å². The van der Waals surface area contributed by atoms with E-state index in [1.165, 1.54) is 6.42 Å². The Kier molecular flexibility index (Phi) is 1.95. The first kappa shape index (κ1) is 8.82. The van der Waals surface area contributed by atoms with E-state index in [0.29, 0.717) is 5.41 Å². The van der Waals surface area contributed by atoms with Crippen LogP contribution in [0.25, 0.3) is 0 Å². The van der Waals surface area contributed by atoms with Crippen molar-refractivity contribution in [1.82, 2.24) is 5.32 Å². The van der Waals surface area contributed by atoms with Crippen LogP contribution >= 0.6 is 0 Å². The van der Waals surface area contributed by atoms with E-state index >= 15 is 0 Å². The molecule has 13 heavy (non-hydrogen) atoms. The van der Waals surface area contributed by atoms with Crippen molar-refractivity contribution in [2.45, 2.75) is 25.7 Å². The molecular weight excluding hydrogens is 162 g/mol. The van der Waals surface area contributed by atoms with Gasteiger partial charge < -0.3 is 9.73 Å². The van der Waals surface area contributed by atoms with Gasteiger partial charge in [0.1, 0.15) is 11.5 Å². The van der Waals surface area contributed by atoms with Gasteiger partial charge in [-0.1, -0.05) is 6.92 Å². The Labute approximate surface area is 79.3 Å². The van der Waals surface area contributed by atoms with Gasteiger partial charge in [0.15, 0.2) is 0 Å². The Morgan fingerprint density at radius 2 is 2.38 bits per heavy atom. The fraction of sp³-hybridized carbons (Fsp3) is 0.636. The summed E-state index contributed by atoms with van der Waals surface area (Å²) < 4.78 is 5.66. The van der Waals surface area contributed by atoms with Crippen LogP contribution in [0.15, 0.2) is 16.5 Å². The second-order valence-corrected chi connectivity index (χ2v) is 4.29. The Bertz CT molecular complexity index is 305. The minimum Gasteiger partial charge on any atom is -0.466 e. The summed E-state index contributed by atoms with van der Waals surface area (Å²) >= 11 is 0. The zero-order chi connectivity index (χ0) is 9.47. The van der Waals surface area contributed by atoms with E-state index in [0.717, 1.165) is 24.0 Å². The van der Waals surface area contributed by atoms with Crippen molar-refractivity contribution in [2.75, 3.05) is 13.6 Å². The maximum absolute atomic E-state index is 5.66. The van der Waals surface area contributed by atoms with Crippen molar-refractivity contribution in [2.24, 2.45) is 5.92 Å². The largest absolute Gasteiger partial charge is 0.466 e. The lowest BCUT2D eigenvalue weighted by molar-refractivity contribution is 0.427. The second-order valence-electron chi connectivity index (χ2n) is 4.29. The highest BCUT2D eigenvalue weighted by molar-refractivity contribution is 5.25. The van der Waals surface area contributed by atoms with Crippen LogP contribution in [-0.2, 0) is 5.41 Å². The van der Waals surface area contributed by atoms with Gasteiger partial charge in [-0.05, 0) is 45.0 Å². The molecule has 1 aromatic heterocycles. The van der Waals surface area contributed by atoms with Crippen LogP contribution in [0.3, 0.4) is 0 Å². The average Bonchev–Trinajstić information content (AvgIpc) is 2.57. The van der Waals surface area contributed by atoms with Crippen LogP contribution < -0.4 is 5.32 Å². The molecule has 0 saturated heterocycles. The molecule has 0 bridgehead atoms. The highest BCUT2D eigenvalue weighted by atomic mass is 16.3. The molecule has 1 saturated carbocycles. The zero-order valence-electron chi connectivity index (χ0n) is 8.55. The van der Waals surface area contributed by atoms with Crippen molar-refractivity contribution >= 4 is 0 Å². The monoisotopic (exact) mass is 179 g/mol. The van der Waals surface area contributed by atoms with E-state index in [2.05, 4.69) is 24.4 Å². The number of aryl methyl sites for hydroxylation is 1. The topological polar surface area (TPSA) is 25.2 Å². The molecule has 0 amide bonds. The predicted molar refractivity (Wildman–Crippen MR) is 52.8 cm³/mol. The number of hydrogen-bond acceptors (Lipinski definition) is 2. The summed E-state index contributed by atoms with van der Waals surface area (Å²) in [5.41, 5.74) is 0.303. The molecule has 2 unspecified atom stereocenters. The Hall–Kier alpha value is -0.760. The highest BCUT2D eigenvalue weighted by Crippen LogP contribution is 2.53. The SMILES string of the molecule is CNCC1CC1(C)c1ccc(C)o1. The molecule has 1 aliphatic carbocycles. The molecule has 2 atom stereocenters. The fourth-order valence-corrected chi connectivity index (χ4v) is 2.04. The van der Waals surface area contributed by atoms with Gasteiger partial charge >= 0.3 is 0 Å². The third-order valence-corrected chi connectivity index (χ3v) is 3.17. The summed E-state index contributed by atoms with van der Waals surface area (Å²) in [4.78, 5) is 0. The first-order chi connectivity index (χ1) is 6.16. The molecule has 1 heterocycles. The van der Waals surface area contributed by atoms with Crippen molar-refractivity contribution in [3.8, 4) is 0 Å². The third kappa shape index (κ3) is 1.39. The smallest absolute Gasteiger partial charge is 0.110 e. The van der Waals surface area contributed by atoms with E-state index in [-0.39, 0.29) is 0 Å². The molecule has 0 aliphatic heterocycles. The molecule has 2 rings (SSSR count). The molecule has 72 valence electrons. The third-order valence-electron chi connectivity index (χ3n) is 3.17. The lowest BCUT2D eigenvalue weighted by Gasteiger charge is -2.06. The Balaban J connectivity index is 2.11. The first-order valence-electron chi connectivity index (χ1n) is 4.88. The maximum Gasteiger partial charge on any atom is 0.110 e. The molecule has 0 spiro atoms. The van der Waals surface area contributed by atoms with Crippen LogP contribution in [0, 0.1) is 12.8 Å². The van der Waals surface area contributed by atoms with E-state index in [1.807, 2.05) is 14.0 Å². The van der Waals surface area contributed by atoms with Gasteiger partial charge in [-0.2, -0.15) is 0 Å². The summed E-state index contributed by atoms with van der Waals surface area (Å²) in [5.74, 6) is 2.93. The average molecular weight is 179 g/mol. The van der Waals surface area contributed by atoms with Gasteiger partial charge in [-0.3, -0.25) is 0 Å². The summed E-state index contributed by atoms with van der Waals surface area (Å²) in [6.07, 6.45) is 1.25. The van der Waals surface area contributed by atoms with Gasteiger partial charge in [0.05, 0.1) is 0 Å². The number of nitrogens with one attached hydrogen (secondary N) is 1. The van der Waals surface area contributed by atoms with Crippen LogP contribution in [-0.4, -0.2) is 13.6 Å². The lowest BCUT2D eigenvalue weighted by atomic mass is 10.0. The summed E-state index contributed by atoms with van der Waals surface area (Å²) in [7, 11) is 2.01. The highest BCUT2D eigenvalue weighted by Gasteiger charge is 2.52. The van der Waals surface area contributed by atoms with Crippen molar-refractivity contribution in [3.05, 3.63) is 23.7 Å². The molecule has 1 N–H and O–H groups in total. The zero-order valence-corrected chi connectivity index (χ0v) is 8.55. The standard InChI is InChI=1S/C11H17NO/c1-8-4-5-10(13-8)11(2)6-9(11)7-12-3/h4-5,9,12H,6-7H2,1-3H3. The number of rotatable bonds is 3. The van der Waals surface area contributed by atoms with Gasteiger partial charge in [-0.25, -0.2) is 0 Å². The van der Waals surface area contributed by atoms with E-state index in [9.17, 15) is 0 Å². The first-order valence-corrected chi connectivity index (χ1v) is 4.88. The fourth-order valence-electron chi connectivity index (χ4n) is 2.04. The predicted octanol–water partition coefficient (Wildman–Crippen LogP) is 2.09. The molecule has 1 aliphatic rings. The summed E-state index contributed by atoms with van der Waals surface area (Å²) in [6.45, 7) is 5.38. The van der Waals surface area contributed by atoms with Gasteiger partial charge in [-0.15, -0.1) is 0 Å². The van der Waals surface area contributed by atoms with Crippen molar-refractivity contribution < 1.29 is 4.42 Å². The molecule has 1 aromatic rings. The Morgan fingerprint density at radius 3 is 2.92 bits per heavy atom. The molecule has 1 fully saturated rings. The van der Waals surface area contributed by atoms with E-state index in [1.54, 1.807) is 0 Å². The van der Waals surface area contributed by atoms with Crippen molar-refractivity contribution in [3.63, 3.8) is 0 Å². The number of hydrogen-bond donors (Lipinski definition) is 1. The molecule has 0 aromatic carbocycles. The van der Waals surface area contributed by atoms with Gasteiger partial charge in [0.2, 0.25) is 0 Å². The van der Waals surface area contributed by atoms with Gasteiger partial charge in [0.25, 0.3) is 0 Å². The van der Waals surface area contributed by atoms with Crippen molar-refractivity contribution in [1.29, 1.82) is 0 Å². The molecule has 0 radical (unpaired) electrons. The van der Waals surface area contributed by atoms with Crippen LogP contribution in [0.2, 0.25) is 0 Å². The molecular formula is C11H17NO. The molecule has 2 heteroatoms. The van der Waals surface area contributed by atoms with Crippen LogP contribution in [0.4, 0.5) is 0 Å². The van der Waals surface area contributed by atoms with E-state index in [4.69, 9.17) is 4.42 Å².